The van der Waals surface area contributed by atoms with E-state index in [0.29, 0.717) is 0 Å². The van der Waals surface area contributed by atoms with Gasteiger partial charge in [-0.15, -0.1) is 0 Å². The molecule has 6 heteroatoms. The molecule has 4 rings (SSSR count). The van der Waals surface area contributed by atoms with Crippen molar-refractivity contribution in [2.45, 2.75) is 25.4 Å². The Morgan fingerprint density at radius 3 is 2.37 bits per heavy atom. The lowest BCUT2D eigenvalue weighted by atomic mass is 10.0. The number of hydrogen-bond acceptors (Lipinski definition) is 3. The second-order valence-corrected chi connectivity index (χ2v) is 7.67. The van der Waals surface area contributed by atoms with Crippen LogP contribution in [0.1, 0.15) is 28.8 Å². The molecule has 0 radical (unpaired) electrons. The molecule has 3 aromatic rings. The molecule has 0 aliphatic carbocycles. The van der Waals surface area contributed by atoms with Gasteiger partial charge in [-0.05, 0) is 59.5 Å². The van der Waals surface area contributed by atoms with E-state index in [1.54, 1.807) is 0 Å². The minimum atomic E-state index is -0.541. The topological polar surface area (TPSA) is 61.4 Å². The van der Waals surface area contributed by atoms with Crippen LogP contribution in [0.15, 0.2) is 66.7 Å². The lowest BCUT2D eigenvalue weighted by Crippen LogP contribution is -2.49. The average Bonchev–Trinajstić information content (AvgIpc) is 2.75. The quantitative estimate of drug-likeness (QED) is 0.688. The Labute approximate surface area is 174 Å². The second kappa shape index (κ2) is 9.05. The van der Waals surface area contributed by atoms with E-state index in [1.165, 1.54) is 40.6 Å². The van der Waals surface area contributed by atoms with E-state index in [-0.39, 0.29) is 11.6 Å². The van der Waals surface area contributed by atoms with E-state index in [0.717, 1.165) is 32.5 Å². The normalized spacial score (nSPS) is 15.1. The van der Waals surface area contributed by atoms with Crippen LogP contribution in [0.5, 0.6) is 0 Å². The van der Waals surface area contributed by atoms with Gasteiger partial charge in [0, 0.05) is 31.2 Å². The number of urea groups is 1. The molecule has 2 N–H and O–H groups in total. The Morgan fingerprint density at radius 1 is 0.933 bits per heavy atom. The molecular weight excluding hydrogens is 381 g/mol. The lowest BCUT2D eigenvalue weighted by Gasteiger charge is -2.32. The maximum atomic E-state index is 12.9. The fourth-order valence-electron chi connectivity index (χ4n) is 3.83. The number of likely N-dealkylation sites (tertiary alicyclic amines) is 1. The number of carbonyl (C=O) groups excluding carboxylic acids is 2. The van der Waals surface area contributed by atoms with Crippen LogP contribution < -0.4 is 10.6 Å². The predicted molar refractivity (Wildman–Crippen MR) is 115 cm³/mol. The van der Waals surface area contributed by atoms with Gasteiger partial charge in [0.15, 0.2) is 0 Å². The average molecular weight is 405 g/mol. The number of imide groups is 1. The standard InChI is InChI=1S/C24H24FN3O2/c25-21-9-7-19(8-10-21)23(29)27-24(30)26-22-11-13-28(14-12-22)16-17-5-6-18-3-1-2-4-20(18)15-17/h1-10,15,22H,11-14,16H2,(H2,26,27,29,30). The molecule has 3 aromatic carbocycles. The highest BCUT2D eigenvalue weighted by atomic mass is 19.1. The molecule has 1 saturated heterocycles. The molecule has 1 aliphatic rings. The molecule has 30 heavy (non-hydrogen) atoms. The summed E-state index contributed by atoms with van der Waals surface area (Å²) in [7, 11) is 0. The van der Waals surface area contributed by atoms with E-state index in [9.17, 15) is 14.0 Å². The predicted octanol–water partition coefficient (Wildman–Crippen LogP) is 4.08. The number of piperidine rings is 1. The van der Waals surface area contributed by atoms with Gasteiger partial charge in [0.05, 0.1) is 0 Å². The third kappa shape index (κ3) is 5.02. The molecule has 1 aliphatic heterocycles. The Balaban J connectivity index is 1.24. The highest BCUT2D eigenvalue weighted by Crippen LogP contribution is 2.19. The van der Waals surface area contributed by atoms with Crippen molar-refractivity contribution in [1.29, 1.82) is 0 Å². The van der Waals surface area contributed by atoms with Crippen molar-refractivity contribution >= 4 is 22.7 Å². The SMILES string of the molecule is O=C(NC(=O)c1ccc(F)cc1)NC1CCN(Cc2ccc3ccccc3c2)CC1. The van der Waals surface area contributed by atoms with Gasteiger partial charge in [-0.3, -0.25) is 15.0 Å². The Morgan fingerprint density at radius 2 is 1.63 bits per heavy atom. The maximum Gasteiger partial charge on any atom is 0.321 e. The summed E-state index contributed by atoms with van der Waals surface area (Å²) in [6.45, 7) is 2.64. The van der Waals surface area contributed by atoms with Gasteiger partial charge in [0.2, 0.25) is 0 Å². The van der Waals surface area contributed by atoms with Crippen LogP contribution in [-0.2, 0) is 6.54 Å². The molecule has 0 spiro atoms. The number of amides is 3. The van der Waals surface area contributed by atoms with Gasteiger partial charge in [-0.2, -0.15) is 0 Å². The first-order valence-electron chi connectivity index (χ1n) is 10.1. The first-order valence-corrected chi connectivity index (χ1v) is 10.1. The minimum absolute atomic E-state index is 0.0267. The van der Waals surface area contributed by atoms with E-state index in [4.69, 9.17) is 0 Å². The van der Waals surface area contributed by atoms with E-state index in [2.05, 4.69) is 51.9 Å². The maximum absolute atomic E-state index is 12.9. The van der Waals surface area contributed by atoms with Crippen LogP contribution in [0, 0.1) is 5.82 Å². The fourth-order valence-corrected chi connectivity index (χ4v) is 3.83. The summed E-state index contributed by atoms with van der Waals surface area (Å²) in [5.74, 6) is -0.965. The zero-order valence-corrected chi connectivity index (χ0v) is 16.6. The lowest BCUT2D eigenvalue weighted by molar-refractivity contribution is 0.0961. The first-order chi connectivity index (χ1) is 14.6. The monoisotopic (exact) mass is 405 g/mol. The zero-order chi connectivity index (χ0) is 20.9. The molecule has 0 saturated carbocycles. The molecule has 0 unspecified atom stereocenters. The number of halogens is 1. The van der Waals surface area contributed by atoms with Gasteiger partial charge in [-0.25, -0.2) is 9.18 Å². The van der Waals surface area contributed by atoms with Crippen LogP contribution in [-0.4, -0.2) is 36.0 Å². The van der Waals surface area contributed by atoms with E-state index in [1.807, 2.05) is 6.07 Å². The molecule has 1 heterocycles. The van der Waals surface area contributed by atoms with Gasteiger partial charge in [0.1, 0.15) is 5.82 Å². The van der Waals surface area contributed by atoms with Crippen LogP contribution in [0.25, 0.3) is 10.8 Å². The summed E-state index contributed by atoms with van der Waals surface area (Å²) in [5, 5.41) is 7.66. The number of carbonyl (C=O) groups is 2. The Kier molecular flexibility index (Phi) is 6.05. The molecule has 0 atom stereocenters. The summed E-state index contributed by atoms with van der Waals surface area (Å²) in [5.41, 5.74) is 1.53. The zero-order valence-electron chi connectivity index (χ0n) is 16.6. The van der Waals surface area contributed by atoms with Crippen LogP contribution in [0.4, 0.5) is 9.18 Å². The van der Waals surface area contributed by atoms with E-state index >= 15 is 0 Å². The third-order valence-corrected chi connectivity index (χ3v) is 5.48. The van der Waals surface area contributed by atoms with Gasteiger partial charge >= 0.3 is 6.03 Å². The number of nitrogens with zero attached hydrogens (tertiary/aromatic N) is 1. The Hall–Kier alpha value is -3.25. The van der Waals surface area contributed by atoms with Crippen molar-refractivity contribution < 1.29 is 14.0 Å². The number of nitrogens with one attached hydrogen (secondary N) is 2. The van der Waals surface area contributed by atoms with Crippen molar-refractivity contribution in [3.8, 4) is 0 Å². The fraction of sp³-hybridized carbons (Fsp3) is 0.250. The molecule has 3 amide bonds. The summed E-state index contributed by atoms with van der Waals surface area (Å²) in [6.07, 6.45) is 1.65. The summed E-state index contributed by atoms with van der Waals surface area (Å²) in [6, 6.07) is 19.5. The van der Waals surface area contributed by atoms with Crippen molar-refractivity contribution in [2.75, 3.05) is 13.1 Å². The molecule has 0 bridgehead atoms. The largest absolute Gasteiger partial charge is 0.335 e. The van der Waals surface area contributed by atoms with Gasteiger partial charge < -0.3 is 5.32 Å². The van der Waals surface area contributed by atoms with Crippen LogP contribution >= 0.6 is 0 Å². The number of rotatable bonds is 4. The molecule has 154 valence electrons. The second-order valence-electron chi connectivity index (χ2n) is 7.67. The molecule has 5 nitrogen and oxygen atoms in total. The van der Waals surface area contributed by atoms with Crippen LogP contribution in [0.3, 0.4) is 0 Å². The first kappa shape index (κ1) is 20.0. The van der Waals surface area contributed by atoms with Crippen molar-refractivity contribution in [3.63, 3.8) is 0 Å². The molecule has 0 aromatic heterocycles. The van der Waals surface area contributed by atoms with Crippen molar-refractivity contribution in [1.82, 2.24) is 15.5 Å². The van der Waals surface area contributed by atoms with Crippen molar-refractivity contribution in [2.24, 2.45) is 0 Å². The summed E-state index contributed by atoms with van der Waals surface area (Å²) >= 11 is 0. The number of hydrogen-bond donors (Lipinski definition) is 2. The van der Waals surface area contributed by atoms with Gasteiger partial charge in [0.25, 0.3) is 5.91 Å². The summed E-state index contributed by atoms with van der Waals surface area (Å²) in [4.78, 5) is 26.6. The van der Waals surface area contributed by atoms with Crippen LogP contribution in [0.2, 0.25) is 0 Å². The Bertz CT molecular complexity index is 1040. The molecule has 1 fully saturated rings. The smallest absolute Gasteiger partial charge is 0.321 e. The number of fused-ring (bicyclic) bond motifs is 1. The highest BCUT2D eigenvalue weighted by molar-refractivity contribution is 6.04. The number of benzene rings is 3. The molecular formula is C24H24FN3O2. The highest BCUT2D eigenvalue weighted by Gasteiger charge is 2.21. The van der Waals surface area contributed by atoms with Gasteiger partial charge in [-0.1, -0.05) is 36.4 Å². The van der Waals surface area contributed by atoms with Crippen molar-refractivity contribution in [3.05, 3.63) is 83.7 Å². The van der Waals surface area contributed by atoms with E-state index < -0.39 is 17.8 Å². The minimum Gasteiger partial charge on any atom is -0.335 e. The summed E-state index contributed by atoms with van der Waals surface area (Å²) < 4.78 is 12.9. The third-order valence-electron chi connectivity index (χ3n) is 5.48.